The Balaban J connectivity index is 1.65. The molecule has 1 aromatic carbocycles. The molecule has 0 saturated carbocycles. The first-order chi connectivity index (χ1) is 13.6. The lowest BCUT2D eigenvalue weighted by Gasteiger charge is -2.16. The molecule has 1 amide bonds. The Kier molecular flexibility index (Phi) is 6.14. The molecule has 29 heavy (non-hydrogen) atoms. The largest absolute Gasteiger partial charge is 0.326 e. The Labute approximate surface area is 173 Å². The van der Waals surface area contributed by atoms with Crippen molar-refractivity contribution in [3.05, 3.63) is 46.3 Å². The number of aromatic nitrogens is 2. The summed E-state index contributed by atoms with van der Waals surface area (Å²) in [5.74, 6) is 0.366. The zero-order valence-corrected chi connectivity index (χ0v) is 18.7. The Morgan fingerprint density at radius 2 is 2.00 bits per heavy atom. The van der Waals surface area contributed by atoms with E-state index in [0.717, 1.165) is 38.7 Å². The van der Waals surface area contributed by atoms with E-state index in [9.17, 15) is 13.2 Å². The van der Waals surface area contributed by atoms with E-state index in [2.05, 4.69) is 10.4 Å². The normalized spacial score (nSPS) is 19.3. The van der Waals surface area contributed by atoms with E-state index in [-0.39, 0.29) is 23.5 Å². The third-order valence-corrected chi connectivity index (χ3v) is 7.60. The third kappa shape index (κ3) is 4.87. The summed E-state index contributed by atoms with van der Waals surface area (Å²) in [7, 11) is -0.973. The fourth-order valence-corrected chi connectivity index (χ4v) is 5.69. The number of hydrogen-bond acceptors (Lipinski definition) is 4. The van der Waals surface area contributed by atoms with E-state index in [1.165, 1.54) is 0 Å². The molecule has 0 aliphatic carbocycles. The minimum Gasteiger partial charge on any atom is -0.326 e. The molecule has 7 nitrogen and oxygen atoms in total. The number of sulfone groups is 1. The highest BCUT2D eigenvalue weighted by molar-refractivity contribution is 7.91. The number of hydrogen-bond donors (Lipinski definition) is 2. The Morgan fingerprint density at radius 3 is 2.66 bits per heavy atom. The van der Waals surface area contributed by atoms with Gasteiger partial charge in [0.15, 0.2) is 16.4 Å². The summed E-state index contributed by atoms with van der Waals surface area (Å²) in [6, 6.07) is 5.81. The van der Waals surface area contributed by atoms with Gasteiger partial charge >= 0.3 is 0 Å². The number of carbonyl (C=O) groups excluding carboxylic acids is 1. The van der Waals surface area contributed by atoms with Crippen molar-refractivity contribution >= 4 is 21.4 Å². The predicted octanol–water partition coefficient (Wildman–Crippen LogP) is 1.13. The minimum absolute atomic E-state index is 0.0271. The summed E-state index contributed by atoms with van der Waals surface area (Å²) in [6.07, 6.45) is 0.616. The van der Waals surface area contributed by atoms with Gasteiger partial charge in [-0.15, -0.1) is 0 Å². The van der Waals surface area contributed by atoms with Crippen molar-refractivity contribution in [2.24, 2.45) is 0 Å². The second-order valence-corrected chi connectivity index (χ2v) is 10.5. The van der Waals surface area contributed by atoms with Crippen LogP contribution in [-0.4, -0.2) is 49.2 Å². The van der Waals surface area contributed by atoms with Crippen molar-refractivity contribution in [2.75, 3.05) is 30.4 Å². The molecule has 1 aliphatic rings. The number of aryl methyl sites for hydroxylation is 2. The molecule has 2 atom stereocenters. The molecule has 0 bridgehead atoms. The Morgan fingerprint density at radius 1 is 1.28 bits per heavy atom. The van der Waals surface area contributed by atoms with Crippen LogP contribution < -0.4 is 10.2 Å². The Hall–Kier alpha value is -2.19. The fraction of sp³-hybridized carbons (Fsp3) is 0.524. The highest BCUT2D eigenvalue weighted by Gasteiger charge is 2.32. The quantitative estimate of drug-likeness (QED) is 0.735. The van der Waals surface area contributed by atoms with Crippen LogP contribution in [0.2, 0.25) is 0 Å². The molecule has 2 aromatic rings. The van der Waals surface area contributed by atoms with Gasteiger partial charge < -0.3 is 10.2 Å². The van der Waals surface area contributed by atoms with Crippen LogP contribution in [-0.2, 0) is 21.2 Å². The second-order valence-electron chi connectivity index (χ2n) is 8.26. The number of amides is 1. The molecular weight excluding hydrogens is 388 g/mol. The van der Waals surface area contributed by atoms with Crippen LogP contribution in [0.4, 0.5) is 5.69 Å². The van der Waals surface area contributed by atoms with Gasteiger partial charge in [0.05, 0.1) is 35.9 Å². The lowest BCUT2D eigenvalue weighted by molar-refractivity contribution is -0.885. The van der Waals surface area contributed by atoms with Gasteiger partial charge in [-0.1, -0.05) is 12.1 Å². The molecule has 2 heterocycles. The first-order valence-electron chi connectivity index (χ1n) is 9.99. The van der Waals surface area contributed by atoms with Gasteiger partial charge in [-0.3, -0.25) is 9.48 Å². The van der Waals surface area contributed by atoms with Gasteiger partial charge in [0.2, 0.25) is 0 Å². The van der Waals surface area contributed by atoms with Crippen molar-refractivity contribution in [2.45, 2.75) is 46.7 Å². The van der Waals surface area contributed by atoms with Gasteiger partial charge in [-0.05, 0) is 51.3 Å². The van der Waals surface area contributed by atoms with E-state index >= 15 is 0 Å². The first-order valence-corrected chi connectivity index (χ1v) is 11.8. The van der Waals surface area contributed by atoms with E-state index in [4.69, 9.17) is 0 Å². The number of quaternary nitrogens is 1. The smallest absolute Gasteiger partial charge is 0.279 e. The number of rotatable bonds is 6. The summed E-state index contributed by atoms with van der Waals surface area (Å²) in [4.78, 5) is 13.6. The molecular formula is C21H31N4O3S+. The molecule has 1 saturated heterocycles. The van der Waals surface area contributed by atoms with E-state index in [0.29, 0.717) is 19.5 Å². The van der Waals surface area contributed by atoms with Gasteiger partial charge in [0.25, 0.3) is 5.91 Å². The Bertz CT molecular complexity index is 1030. The number of anilines is 1. The van der Waals surface area contributed by atoms with E-state index in [1.807, 2.05) is 57.6 Å². The van der Waals surface area contributed by atoms with Gasteiger partial charge in [-0.2, -0.15) is 5.10 Å². The number of nitrogens with one attached hydrogen (secondary N) is 2. The van der Waals surface area contributed by atoms with Crippen LogP contribution in [0, 0.1) is 27.7 Å². The maximum Gasteiger partial charge on any atom is 0.279 e. The number of carbonyl (C=O) groups is 1. The van der Waals surface area contributed by atoms with Crippen LogP contribution in [0.5, 0.6) is 0 Å². The maximum absolute atomic E-state index is 12.5. The summed E-state index contributed by atoms with van der Waals surface area (Å²) < 4.78 is 25.5. The average Bonchev–Trinajstić information content (AvgIpc) is 3.12. The molecule has 1 fully saturated rings. The summed E-state index contributed by atoms with van der Waals surface area (Å²) in [5.41, 5.74) is 6.07. The monoisotopic (exact) mass is 419 g/mol. The molecule has 8 heteroatoms. The topological polar surface area (TPSA) is 85.5 Å². The van der Waals surface area contributed by atoms with Crippen molar-refractivity contribution in [3.63, 3.8) is 0 Å². The van der Waals surface area contributed by atoms with Gasteiger partial charge in [0, 0.05) is 11.4 Å². The standard InChI is InChI=1S/C21H30N4O3S/c1-14-7-6-8-20(15(14)2)22-21(26)12-24(5)11-19-16(3)23-25(17(19)4)18-9-10-29(27,28)13-18/h6-8,18H,9-13H2,1-5H3,(H,22,26)/p+1/t18-/m0/s1. The zero-order chi connectivity index (χ0) is 21.3. The summed E-state index contributed by atoms with van der Waals surface area (Å²) in [6.45, 7) is 8.98. The molecule has 0 radical (unpaired) electrons. The maximum atomic E-state index is 12.5. The lowest BCUT2D eigenvalue weighted by atomic mass is 10.1. The average molecular weight is 420 g/mol. The summed E-state index contributed by atoms with van der Waals surface area (Å²) >= 11 is 0. The fourth-order valence-electron chi connectivity index (χ4n) is 4.00. The van der Waals surface area contributed by atoms with Crippen LogP contribution in [0.3, 0.4) is 0 Å². The number of nitrogens with zero attached hydrogens (tertiary/aromatic N) is 2. The van der Waals surface area contributed by atoms with Crippen molar-refractivity contribution < 1.29 is 18.1 Å². The molecule has 3 rings (SSSR count). The van der Waals surface area contributed by atoms with E-state index in [1.54, 1.807) is 0 Å². The molecule has 1 unspecified atom stereocenters. The third-order valence-electron chi connectivity index (χ3n) is 5.85. The second kappa shape index (κ2) is 8.28. The number of likely N-dealkylation sites (N-methyl/N-ethyl adjacent to an activating group) is 1. The summed E-state index contributed by atoms with van der Waals surface area (Å²) in [5, 5.41) is 7.63. The van der Waals surface area contributed by atoms with Crippen LogP contribution in [0.25, 0.3) is 0 Å². The molecule has 1 aromatic heterocycles. The van der Waals surface area contributed by atoms with Crippen molar-refractivity contribution in [1.82, 2.24) is 9.78 Å². The minimum atomic E-state index is -2.96. The highest BCUT2D eigenvalue weighted by Crippen LogP contribution is 2.26. The van der Waals surface area contributed by atoms with Gasteiger partial charge in [-0.25, -0.2) is 8.42 Å². The van der Waals surface area contributed by atoms with Crippen LogP contribution in [0.15, 0.2) is 18.2 Å². The molecule has 0 spiro atoms. The molecule has 158 valence electrons. The first kappa shape index (κ1) is 21.5. The van der Waals surface area contributed by atoms with E-state index < -0.39 is 9.84 Å². The van der Waals surface area contributed by atoms with Crippen molar-refractivity contribution in [1.29, 1.82) is 0 Å². The molecule has 1 aliphatic heterocycles. The van der Waals surface area contributed by atoms with Crippen LogP contribution >= 0.6 is 0 Å². The van der Waals surface area contributed by atoms with Gasteiger partial charge in [0.1, 0.15) is 6.54 Å². The lowest BCUT2D eigenvalue weighted by Crippen LogP contribution is -3.08. The predicted molar refractivity (Wildman–Crippen MR) is 114 cm³/mol. The highest BCUT2D eigenvalue weighted by atomic mass is 32.2. The van der Waals surface area contributed by atoms with Crippen molar-refractivity contribution in [3.8, 4) is 0 Å². The van der Waals surface area contributed by atoms with Crippen LogP contribution in [0.1, 0.15) is 40.5 Å². The number of benzene rings is 1. The SMILES string of the molecule is Cc1cccc(NC(=O)C[NH+](C)Cc2c(C)nn([C@H]3CCS(=O)(=O)C3)c2C)c1C. The molecule has 2 N–H and O–H groups in total. The zero-order valence-electron chi connectivity index (χ0n) is 17.9.